The molecule has 1 heterocycles. The smallest absolute Gasteiger partial charge is 0.322 e. The summed E-state index contributed by atoms with van der Waals surface area (Å²) in [5.74, 6) is 0.693. The number of nitro groups is 1. The number of aromatic nitrogens is 2. The van der Waals surface area contributed by atoms with Crippen LogP contribution in [0.25, 0.3) is 11.5 Å². The molecule has 0 aliphatic heterocycles. The third-order valence-electron chi connectivity index (χ3n) is 3.75. The van der Waals surface area contributed by atoms with Gasteiger partial charge in [-0.05, 0) is 38.1 Å². The first-order valence-electron chi connectivity index (χ1n) is 8.81. The van der Waals surface area contributed by atoms with Gasteiger partial charge in [0.2, 0.25) is 5.89 Å². The Balaban J connectivity index is 1.78. The topological polar surface area (TPSA) is 130 Å². The fourth-order valence-electron chi connectivity index (χ4n) is 2.50. The molecule has 10 nitrogen and oxygen atoms in total. The zero-order chi connectivity index (χ0) is 20.8. The van der Waals surface area contributed by atoms with Crippen molar-refractivity contribution in [2.24, 2.45) is 0 Å². The van der Waals surface area contributed by atoms with E-state index in [1.165, 1.54) is 18.2 Å². The van der Waals surface area contributed by atoms with Crippen LogP contribution >= 0.6 is 0 Å². The second kappa shape index (κ2) is 8.83. The minimum atomic E-state index is -0.606. The fraction of sp³-hybridized carbons (Fsp3) is 0.211. The maximum atomic E-state index is 12.3. The summed E-state index contributed by atoms with van der Waals surface area (Å²) in [7, 11) is 0. The van der Waals surface area contributed by atoms with Crippen molar-refractivity contribution in [3.8, 4) is 23.0 Å². The molecule has 0 spiro atoms. The average molecular weight is 398 g/mol. The van der Waals surface area contributed by atoms with Gasteiger partial charge in [0.25, 0.3) is 11.6 Å². The molecule has 29 heavy (non-hydrogen) atoms. The molecule has 0 radical (unpaired) electrons. The van der Waals surface area contributed by atoms with Crippen molar-refractivity contribution in [3.63, 3.8) is 0 Å². The van der Waals surface area contributed by atoms with Gasteiger partial charge in [0.1, 0.15) is 0 Å². The van der Waals surface area contributed by atoms with Gasteiger partial charge in [-0.2, -0.15) is 0 Å². The molecule has 150 valence electrons. The number of nitrogens with zero attached hydrogens (tertiary/aromatic N) is 3. The lowest BCUT2D eigenvalue weighted by molar-refractivity contribution is -0.384. The van der Waals surface area contributed by atoms with Crippen molar-refractivity contribution in [1.29, 1.82) is 0 Å². The van der Waals surface area contributed by atoms with Crippen LogP contribution in [0.1, 0.15) is 24.2 Å². The molecule has 0 fully saturated rings. The van der Waals surface area contributed by atoms with Crippen molar-refractivity contribution < 1.29 is 23.6 Å². The summed E-state index contributed by atoms with van der Waals surface area (Å²) in [6.07, 6.45) is 0. The summed E-state index contributed by atoms with van der Waals surface area (Å²) >= 11 is 0. The zero-order valence-corrected chi connectivity index (χ0v) is 15.7. The molecular weight excluding hydrogens is 380 g/mol. The number of ether oxygens (including phenoxy) is 2. The first-order chi connectivity index (χ1) is 14.0. The van der Waals surface area contributed by atoms with Crippen LogP contribution in [-0.4, -0.2) is 34.2 Å². The highest BCUT2D eigenvalue weighted by Crippen LogP contribution is 2.32. The second-order valence-corrected chi connectivity index (χ2v) is 5.70. The lowest BCUT2D eigenvalue weighted by Crippen LogP contribution is -2.12. The summed E-state index contributed by atoms with van der Waals surface area (Å²) in [6.45, 7) is 4.68. The van der Waals surface area contributed by atoms with E-state index in [0.29, 0.717) is 30.3 Å². The Morgan fingerprint density at radius 3 is 2.59 bits per heavy atom. The Kier molecular flexibility index (Phi) is 6.03. The van der Waals surface area contributed by atoms with E-state index in [-0.39, 0.29) is 23.2 Å². The van der Waals surface area contributed by atoms with Gasteiger partial charge >= 0.3 is 6.01 Å². The van der Waals surface area contributed by atoms with Crippen molar-refractivity contribution in [1.82, 2.24) is 10.2 Å². The van der Waals surface area contributed by atoms with Crippen molar-refractivity contribution in [2.45, 2.75) is 13.8 Å². The molecule has 0 unspecified atom stereocenters. The summed E-state index contributed by atoms with van der Waals surface area (Å²) in [5, 5.41) is 21.0. The third-order valence-corrected chi connectivity index (χ3v) is 3.75. The predicted molar refractivity (Wildman–Crippen MR) is 103 cm³/mol. The van der Waals surface area contributed by atoms with E-state index >= 15 is 0 Å². The number of nitrogens with one attached hydrogen (secondary N) is 1. The van der Waals surface area contributed by atoms with Crippen LogP contribution < -0.4 is 14.8 Å². The van der Waals surface area contributed by atoms with Gasteiger partial charge in [0.05, 0.1) is 18.1 Å². The van der Waals surface area contributed by atoms with Crippen LogP contribution in [0.15, 0.2) is 46.9 Å². The molecule has 1 aromatic heterocycles. The molecule has 1 amide bonds. The normalized spacial score (nSPS) is 10.4. The number of benzene rings is 2. The van der Waals surface area contributed by atoms with Crippen molar-refractivity contribution in [3.05, 3.63) is 58.1 Å². The summed E-state index contributed by atoms with van der Waals surface area (Å²) in [5.41, 5.74) is 0.487. The van der Waals surface area contributed by atoms with E-state index in [1.807, 2.05) is 13.8 Å². The van der Waals surface area contributed by atoms with Gasteiger partial charge in [-0.25, -0.2) is 0 Å². The molecule has 3 aromatic rings. The highest BCUT2D eigenvalue weighted by Gasteiger charge is 2.16. The van der Waals surface area contributed by atoms with E-state index in [9.17, 15) is 14.9 Å². The van der Waals surface area contributed by atoms with Crippen molar-refractivity contribution >= 4 is 17.6 Å². The molecule has 0 aliphatic rings. The third kappa shape index (κ3) is 4.67. The number of non-ortho nitro benzene ring substituents is 1. The first kappa shape index (κ1) is 19.8. The quantitative estimate of drug-likeness (QED) is 0.449. The Bertz CT molecular complexity index is 1030. The van der Waals surface area contributed by atoms with Crippen LogP contribution in [0.5, 0.6) is 11.5 Å². The van der Waals surface area contributed by atoms with Crippen molar-refractivity contribution in [2.75, 3.05) is 18.5 Å². The highest BCUT2D eigenvalue weighted by molar-refractivity contribution is 6.03. The number of amides is 1. The number of rotatable bonds is 8. The van der Waals surface area contributed by atoms with Gasteiger partial charge in [-0.15, -0.1) is 5.10 Å². The summed E-state index contributed by atoms with van der Waals surface area (Å²) in [6, 6.07) is 10.3. The van der Waals surface area contributed by atoms with Gasteiger partial charge in [0.15, 0.2) is 11.5 Å². The Morgan fingerprint density at radius 1 is 1.10 bits per heavy atom. The van der Waals surface area contributed by atoms with Gasteiger partial charge in [-0.1, -0.05) is 11.2 Å². The van der Waals surface area contributed by atoms with Crippen LogP contribution in [0.3, 0.4) is 0 Å². The number of nitro benzene ring substituents is 1. The van der Waals surface area contributed by atoms with Crippen LogP contribution in [0, 0.1) is 10.1 Å². The minimum Gasteiger partial charge on any atom is -0.490 e. The van der Waals surface area contributed by atoms with E-state index in [0.717, 1.165) is 6.07 Å². The molecule has 2 aromatic carbocycles. The molecule has 0 aliphatic carbocycles. The van der Waals surface area contributed by atoms with E-state index in [2.05, 4.69) is 15.5 Å². The van der Waals surface area contributed by atoms with Gasteiger partial charge in [0, 0.05) is 23.3 Å². The number of carbonyl (C=O) groups excluding carboxylic acids is 1. The highest BCUT2D eigenvalue weighted by atomic mass is 16.6. The van der Waals surface area contributed by atoms with Gasteiger partial charge in [-0.3, -0.25) is 20.2 Å². The fourth-order valence-corrected chi connectivity index (χ4v) is 2.50. The first-order valence-corrected chi connectivity index (χ1v) is 8.81. The largest absolute Gasteiger partial charge is 0.490 e. The van der Waals surface area contributed by atoms with E-state index in [4.69, 9.17) is 13.9 Å². The second-order valence-electron chi connectivity index (χ2n) is 5.70. The predicted octanol–water partition coefficient (Wildman–Crippen LogP) is 3.69. The summed E-state index contributed by atoms with van der Waals surface area (Å²) in [4.78, 5) is 22.6. The van der Waals surface area contributed by atoms with Gasteiger partial charge < -0.3 is 13.9 Å². The van der Waals surface area contributed by atoms with Crippen LogP contribution in [0.2, 0.25) is 0 Å². The Labute approximate surface area is 165 Å². The number of hydrogen-bond acceptors (Lipinski definition) is 8. The number of anilines is 1. The maximum absolute atomic E-state index is 12.3. The average Bonchev–Trinajstić information content (AvgIpc) is 3.18. The Hall–Kier alpha value is -3.95. The maximum Gasteiger partial charge on any atom is 0.322 e. The standard InChI is InChI=1S/C19H18N4O6/c1-3-27-15-9-8-13(11-16(15)28-4-2)18-21-22-19(29-18)20-17(24)12-6-5-7-14(10-12)23(25)26/h5-11H,3-4H2,1-2H3,(H,20,22,24). The summed E-state index contributed by atoms with van der Waals surface area (Å²) < 4.78 is 16.6. The van der Waals surface area contributed by atoms with E-state index < -0.39 is 10.8 Å². The molecule has 0 saturated carbocycles. The SMILES string of the molecule is CCOc1ccc(-c2nnc(NC(=O)c3cccc([N+](=O)[O-])c3)o2)cc1OCC. The number of carbonyl (C=O) groups is 1. The molecule has 1 N–H and O–H groups in total. The minimum absolute atomic E-state index is 0.0960. The molecule has 0 bridgehead atoms. The lowest BCUT2D eigenvalue weighted by Gasteiger charge is -2.11. The molecule has 3 rings (SSSR count). The monoisotopic (exact) mass is 398 g/mol. The van der Waals surface area contributed by atoms with Crippen LogP contribution in [-0.2, 0) is 0 Å². The molecule has 10 heteroatoms. The lowest BCUT2D eigenvalue weighted by atomic mass is 10.2. The molecule has 0 saturated heterocycles. The van der Waals surface area contributed by atoms with E-state index in [1.54, 1.807) is 18.2 Å². The Morgan fingerprint density at radius 2 is 1.86 bits per heavy atom. The molecule has 0 atom stereocenters. The van der Waals surface area contributed by atoms with Crippen LogP contribution in [0.4, 0.5) is 11.7 Å². The number of hydrogen-bond donors (Lipinski definition) is 1. The zero-order valence-electron chi connectivity index (χ0n) is 15.7. The molecular formula is C19H18N4O6.